The van der Waals surface area contributed by atoms with E-state index in [4.69, 9.17) is 17.0 Å². The number of nitro groups is 1. The van der Waals surface area contributed by atoms with Gasteiger partial charge in [-0.1, -0.05) is 35.7 Å². The van der Waals surface area contributed by atoms with Crippen molar-refractivity contribution in [3.8, 4) is 5.75 Å². The zero-order valence-electron chi connectivity index (χ0n) is 19.7. The van der Waals surface area contributed by atoms with Crippen molar-refractivity contribution >= 4 is 90.5 Å². The average Bonchev–Trinajstić information content (AvgIpc) is 3.56. The number of carbonyl (C=O) groups excluding carboxylic acids is 2. The third-order valence-electron chi connectivity index (χ3n) is 5.35. The van der Waals surface area contributed by atoms with Crippen LogP contribution in [0.4, 0.5) is 17.1 Å². The SMILES string of the molecule is COc1ccc(NC(=O)CSc2nc3ccc(NC(=O)CSC(=S)N4CCCC4)cc3s2)c([N+](=O)[O-])c1. The molecule has 1 fully saturated rings. The van der Waals surface area contributed by atoms with Gasteiger partial charge in [0, 0.05) is 18.8 Å². The van der Waals surface area contributed by atoms with Gasteiger partial charge in [0.25, 0.3) is 5.69 Å². The third kappa shape index (κ3) is 7.31. The van der Waals surface area contributed by atoms with Gasteiger partial charge < -0.3 is 20.3 Å². The fourth-order valence-electron chi connectivity index (χ4n) is 3.57. The average molecular weight is 578 g/mol. The number of nitro benzene ring substituents is 1. The van der Waals surface area contributed by atoms with Crippen molar-refractivity contribution < 1.29 is 19.2 Å². The highest BCUT2D eigenvalue weighted by Gasteiger charge is 2.19. The van der Waals surface area contributed by atoms with E-state index in [1.807, 2.05) is 12.1 Å². The molecule has 0 unspecified atom stereocenters. The number of anilines is 2. The second-order valence-corrected chi connectivity index (χ2v) is 11.8. The second-order valence-electron chi connectivity index (χ2n) is 7.94. The van der Waals surface area contributed by atoms with E-state index in [0.29, 0.717) is 15.8 Å². The normalized spacial score (nSPS) is 12.9. The molecule has 1 aromatic heterocycles. The Morgan fingerprint density at radius 2 is 1.92 bits per heavy atom. The van der Waals surface area contributed by atoms with Crippen LogP contribution in [0.1, 0.15) is 12.8 Å². The van der Waals surface area contributed by atoms with Crippen LogP contribution in [-0.4, -0.2) is 62.6 Å². The van der Waals surface area contributed by atoms with Crippen LogP contribution in [0, 0.1) is 10.1 Å². The lowest BCUT2D eigenvalue weighted by molar-refractivity contribution is -0.384. The van der Waals surface area contributed by atoms with Crippen LogP contribution in [0.3, 0.4) is 0 Å². The van der Waals surface area contributed by atoms with Crippen molar-refractivity contribution in [2.75, 3.05) is 42.3 Å². The summed E-state index contributed by atoms with van der Waals surface area (Å²) in [6.07, 6.45) is 2.27. The molecule has 194 valence electrons. The maximum atomic E-state index is 12.4. The summed E-state index contributed by atoms with van der Waals surface area (Å²) in [5.74, 6) is 0.0804. The standard InChI is InChI=1S/C23H23N5O5S4/c1-33-15-5-7-16(18(11-15)28(31)32)25-21(30)12-35-22-26-17-6-4-14(10-19(17)37-22)24-20(29)13-36-23(34)27-8-2-3-9-27/h4-7,10-11H,2-3,8-9,12-13H2,1H3,(H,24,29)(H,25,30). The number of thiazole rings is 1. The van der Waals surface area contributed by atoms with E-state index in [2.05, 4.69) is 20.5 Å². The zero-order chi connectivity index (χ0) is 26.4. The van der Waals surface area contributed by atoms with E-state index in [1.54, 1.807) is 12.1 Å². The van der Waals surface area contributed by atoms with Crippen LogP contribution in [-0.2, 0) is 9.59 Å². The van der Waals surface area contributed by atoms with Crippen LogP contribution in [0.25, 0.3) is 10.2 Å². The highest BCUT2D eigenvalue weighted by molar-refractivity contribution is 8.23. The van der Waals surface area contributed by atoms with Crippen molar-refractivity contribution in [3.63, 3.8) is 0 Å². The number of methoxy groups -OCH3 is 1. The summed E-state index contributed by atoms with van der Waals surface area (Å²) in [7, 11) is 1.41. The number of nitrogens with zero attached hydrogens (tertiary/aromatic N) is 3. The number of benzene rings is 2. The smallest absolute Gasteiger partial charge is 0.296 e. The van der Waals surface area contributed by atoms with E-state index >= 15 is 0 Å². The number of nitrogens with one attached hydrogen (secondary N) is 2. The topological polar surface area (TPSA) is 127 Å². The molecule has 0 saturated carbocycles. The van der Waals surface area contributed by atoms with Crippen molar-refractivity contribution in [1.82, 2.24) is 9.88 Å². The fraction of sp³-hybridized carbons (Fsp3) is 0.304. The van der Waals surface area contributed by atoms with Gasteiger partial charge in [-0.15, -0.1) is 11.3 Å². The van der Waals surface area contributed by atoms with Gasteiger partial charge in [-0.05, 0) is 43.2 Å². The number of carbonyl (C=O) groups is 2. The molecule has 2 heterocycles. The highest BCUT2D eigenvalue weighted by Crippen LogP contribution is 2.32. The zero-order valence-corrected chi connectivity index (χ0v) is 23.0. The van der Waals surface area contributed by atoms with Crippen molar-refractivity contribution in [2.45, 2.75) is 17.2 Å². The Balaban J connectivity index is 1.30. The predicted molar refractivity (Wildman–Crippen MR) is 153 cm³/mol. The van der Waals surface area contributed by atoms with E-state index in [1.165, 1.54) is 54.1 Å². The number of fused-ring (bicyclic) bond motifs is 1. The van der Waals surface area contributed by atoms with Crippen molar-refractivity contribution in [3.05, 3.63) is 46.5 Å². The minimum absolute atomic E-state index is 0.0285. The molecule has 0 bridgehead atoms. The molecule has 1 aliphatic heterocycles. The molecule has 0 atom stereocenters. The molecular formula is C23H23N5O5S4. The van der Waals surface area contributed by atoms with Crippen molar-refractivity contribution in [2.24, 2.45) is 0 Å². The first kappa shape index (κ1) is 27.1. The Kier molecular flexibility index (Phi) is 9.18. The van der Waals surface area contributed by atoms with Gasteiger partial charge in [0.2, 0.25) is 11.8 Å². The molecule has 1 aliphatic rings. The Hall–Kier alpha value is -2.94. The Labute approximate surface area is 230 Å². The summed E-state index contributed by atoms with van der Waals surface area (Å²) in [4.78, 5) is 42.2. The molecule has 14 heteroatoms. The molecule has 4 rings (SSSR count). The number of thioether (sulfide) groups is 2. The number of thiocarbonyl (C=S) groups is 1. The van der Waals surface area contributed by atoms with Crippen LogP contribution >= 0.6 is 47.1 Å². The molecule has 0 radical (unpaired) electrons. The Bertz CT molecular complexity index is 1340. The fourth-order valence-corrected chi connectivity index (χ4v) is 6.53. The maximum absolute atomic E-state index is 12.4. The summed E-state index contributed by atoms with van der Waals surface area (Å²) in [6.45, 7) is 1.91. The molecule has 2 N–H and O–H groups in total. The minimum Gasteiger partial charge on any atom is -0.496 e. The van der Waals surface area contributed by atoms with E-state index < -0.39 is 10.8 Å². The molecule has 37 heavy (non-hydrogen) atoms. The van der Waals surface area contributed by atoms with E-state index in [-0.39, 0.29) is 28.8 Å². The Morgan fingerprint density at radius 3 is 2.65 bits per heavy atom. The number of likely N-dealkylation sites (tertiary alicyclic amines) is 1. The summed E-state index contributed by atoms with van der Waals surface area (Å²) < 4.78 is 7.31. The maximum Gasteiger partial charge on any atom is 0.296 e. The lowest BCUT2D eigenvalue weighted by Gasteiger charge is -2.17. The summed E-state index contributed by atoms with van der Waals surface area (Å²) in [5, 5.41) is 16.8. The number of ether oxygens (including phenoxy) is 1. The first-order valence-corrected chi connectivity index (χ1v) is 14.4. The monoisotopic (exact) mass is 577 g/mol. The largest absolute Gasteiger partial charge is 0.496 e. The van der Waals surface area contributed by atoms with Crippen LogP contribution in [0.15, 0.2) is 40.7 Å². The molecule has 3 aromatic rings. The lowest BCUT2D eigenvalue weighted by Crippen LogP contribution is -2.25. The predicted octanol–water partition coefficient (Wildman–Crippen LogP) is 5.00. The number of rotatable bonds is 9. The molecular weight excluding hydrogens is 555 g/mol. The number of aromatic nitrogens is 1. The molecule has 0 aliphatic carbocycles. The third-order valence-corrected chi connectivity index (χ3v) is 9.03. The number of hydrogen-bond acceptors (Lipinski definition) is 10. The number of amides is 2. The molecule has 0 spiro atoms. The van der Waals surface area contributed by atoms with Crippen molar-refractivity contribution in [1.29, 1.82) is 0 Å². The van der Waals surface area contributed by atoms with Gasteiger partial charge in [0.05, 0.1) is 39.8 Å². The molecule has 2 amide bonds. The number of hydrogen-bond donors (Lipinski definition) is 2. The van der Waals surface area contributed by atoms with Crippen LogP contribution in [0.2, 0.25) is 0 Å². The Morgan fingerprint density at radius 1 is 1.16 bits per heavy atom. The quantitative estimate of drug-likeness (QED) is 0.155. The van der Waals surface area contributed by atoms with Crippen LogP contribution in [0.5, 0.6) is 5.75 Å². The first-order valence-electron chi connectivity index (χ1n) is 11.2. The molecule has 2 aromatic carbocycles. The minimum atomic E-state index is -0.574. The first-order chi connectivity index (χ1) is 17.8. The second kappa shape index (κ2) is 12.5. The summed E-state index contributed by atoms with van der Waals surface area (Å²) >= 11 is 9.41. The van der Waals surface area contributed by atoms with E-state index in [0.717, 1.165) is 40.5 Å². The van der Waals surface area contributed by atoms with Gasteiger partial charge in [-0.2, -0.15) is 0 Å². The van der Waals surface area contributed by atoms with Gasteiger partial charge in [-0.25, -0.2) is 4.98 Å². The van der Waals surface area contributed by atoms with Gasteiger partial charge in [-0.3, -0.25) is 19.7 Å². The molecule has 10 nitrogen and oxygen atoms in total. The van der Waals surface area contributed by atoms with Gasteiger partial charge in [0.15, 0.2) is 4.34 Å². The van der Waals surface area contributed by atoms with E-state index in [9.17, 15) is 19.7 Å². The van der Waals surface area contributed by atoms with Gasteiger partial charge in [0.1, 0.15) is 15.8 Å². The summed E-state index contributed by atoms with van der Waals surface area (Å²) in [5.41, 5.74) is 1.26. The highest BCUT2D eigenvalue weighted by atomic mass is 32.2. The molecule has 1 saturated heterocycles. The van der Waals surface area contributed by atoms with Crippen LogP contribution < -0.4 is 15.4 Å². The summed E-state index contributed by atoms with van der Waals surface area (Å²) in [6, 6.07) is 9.68. The lowest BCUT2D eigenvalue weighted by atomic mass is 10.2. The van der Waals surface area contributed by atoms with Gasteiger partial charge >= 0.3 is 0 Å².